The molecule has 0 aliphatic carbocycles. The fraction of sp³-hybridized carbons (Fsp3) is 0.400. The first-order valence-electron chi connectivity index (χ1n) is 3.80. The summed E-state index contributed by atoms with van der Waals surface area (Å²) in [6.07, 6.45) is 3.20. The Kier molecular flexibility index (Phi) is 18.6. The molecule has 1 aromatic heterocycles. The Balaban J connectivity index is -0.000000320. The standard InChI is InChI=1S/C5H10N2O7P2.4Na/c8-5(15(9,10)11,16(12,13)14)3-7-2-1-6-4-7;;;;/h1-2,4,8H,3H2,(H2,9,10,11)(H2,12,13,14);;;;/q;4*+1/p-4. The molecule has 0 aliphatic heterocycles. The maximum absolute atomic E-state index is 10.6. The van der Waals surface area contributed by atoms with Gasteiger partial charge in [0.15, 0.2) is 0 Å². The molecule has 0 spiro atoms. The monoisotopic (exact) mass is 360 g/mol. The van der Waals surface area contributed by atoms with Crippen LogP contribution in [0.2, 0.25) is 0 Å². The van der Waals surface area contributed by atoms with E-state index in [1.54, 1.807) is 0 Å². The van der Waals surface area contributed by atoms with Crippen molar-refractivity contribution in [3.63, 3.8) is 0 Å². The first kappa shape index (κ1) is 31.3. The van der Waals surface area contributed by atoms with Crippen molar-refractivity contribution in [2.45, 2.75) is 11.6 Å². The predicted octanol–water partition coefficient (Wildman–Crippen LogP) is -15.6. The van der Waals surface area contributed by atoms with E-state index in [9.17, 15) is 33.8 Å². The molecule has 0 radical (unpaired) electrons. The molecule has 0 fully saturated rings. The maximum atomic E-state index is 10.6. The summed E-state index contributed by atoms with van der Waals surface area (Å²) in [7, 11) is -12.1. The zero-order chi connectivity index (χ0) is 12.6. The van der Waals surface area contributed by atoms with E-state index < -0.39 is 26.8 Å². The van der Waals surface area contributed by atoms with E-state index in [0.717, 1.165) is 23.3 Å². The Morgan fingerprint density at radius 2 is 1.45 bits per heavy atom. The summed E-state index contributed by atoms with van der Waals surface area (Å²) in [4.78, 5) is 46.0. The minimum Gasteiger partial charge on any atom is -0.808 e. The van der Waals surface area contributed by atoms with Crippen LogP contribution < -0.4 is 138 Å². The quantitative estimate of drug-likeness (QED) is 0.408. The summed E-state index contributed by atoms with van der Waals surface area (Å²) in [5.74, 6) is 0. The molecule has 9 nitrogen and oxygen atoms in total. The van der Waals surface area contributed by atoms with Gasteiger partial charge in [-0.05, 0) is 15.2 Å². The van der Waals surface area contributed by atoms with E-state index in [1.165, 1.54) is 0 Å². The molecular formula is C5H6N2Na4O7P2. The van der Waals surface area contributed by atoms with Gasteiger partial charge in [-0.2, -0.15) is 0 Å². The number of nitrogens with zero attached hydrogens (tertiary/aromatic N) is 2. The third-order valence-electron chi connectivity index (χ3n) is 1.83. The predicted molar refractivity (Wildman–Crippen MR) is 42.4 cm³/mol. The number of hydrogen-bond acceptors (Lipinski definition) is 8. The van der Waals surface area contributed by atoms with Gasteiger partial charge >= 0.3 is 118 Å². The van der Waals surface area contributed by atoms with Crippen molar-refractivity contribution in [3.8, 4) is 0 Å². The van der Waals surface area contributed by atoms with Gasteiger partial charge in [-0.25, -0.2) is 4.98 Å². The molecule has 0 amide bonds. The van der Waals surface area contributed by atoms with Gasteiger partial charge in [0.25, 0.3) is 0 Å². The molecule has 0 atom stereocenters. The third kappa shape index (κ3) is 8.03. The van der Waals surface area contributed by atoms with Crippen molar-refractivity contribution >= 4 is 15.2 Å². The fourth-order valence-corrected chi connectivity index (χ4v) is 2.82. The molecule has 1 heterocycles. The summed E-state index contributed by atoms with van der Waals surface area (Å²) in [5.41, 5.74) is 0. The minimum absolute atomic E-state index is 0. The minimum atomic E-state index is -6.03. The molecule has 0 saturated carbocycles. The molecule has 0 saturated heterocycles. The number of aliphatic hydroxyl groups is 1. The molecule has 1 rings (SSSR count). The molecule has 0 bridgehead atoms. The number of rotatable bonds is 4. The number of imidazole rings is 1. The van der Waals surface area contributed by atoms with Gasteiger partial charge in [-0.3, -0.25) is 0 Å². The van der Waals surface area contributed by atoms with Crippen LogP contribution in [0.1, 0.15) is 0 Å². The van der Waals surface area contributed by atoms with E-state index in [1.807, 2.05) is 0 Å². The summed E-state index contributed by atoms with van der Waals surface area (Å²) >= 11 is 0. The SMILES string of the molecule is O=P([O-])([O-])C(O)(Cn1ccnc1)P(=O)([O-])[O-].[Na+].[Na+].[Na+].[Na+]. The summed E-state index contributed by atoms with van der Waals surface area (Å²) in [6.45, 7) is -1.21. The van der Waals surface area contributed by atoms with Crippen LogP contribution in [0, 0.1) is 0 Å². The Bertz CT molecular complexity index is 438. The van der Waals surface area contributed by atoms with Gasteiger partial charge < -0.3 is 38.4 Å². The van der Waals surface area contributed by atoms with Crippen molar-refractivity contribution in [1.82, 2.24) is 9.55 Å². The summed E-state index contributed by atoms with van der Waals surface area (Å²) < 4.78 is 22.1. The molecule has 0 aliphatic rings. The van der Waals surface area contributed by atoms with Crippen molar-refractivity contribution < 1.29 is 152 Å². The molecule has 15 heteroatoms. The van der Waals surface area contributed by atoms with Crippen LogP contribution in [0.15, 0.2) is 18.7 Å². The molecule has 0 aromatic carbocycles. The van der Waals surface area contributed by atoms with Crippen LogP contribution >= 0.6 is 15.2 Å². The van der Waals surface area contributed by atoms with Crippen LogP contribution in [0.3, 0.4) is 0 Å². The van der Waals surface area contributed by atoms with Crippen LogP contribution in [0.4, 0.5) is 0 Å². The largest absolute Gasteiger partial charge is 1.00 e. The molecule has 20 heavy (non-hydrogen) atoms. The van der Waals surface area contributed by atoms with E-state index in [0.29, 0.717) is 0 Å². The van der Waals surface area contributed by atoms with Gasteiger partial charge in [-0.1, -0.05) is 0 Å². The van der Waals surface area contributed by atoms with Gasteiger partial charge in [0.1, 0.15) is 5.08 Å². The number of aromatic nitrogens is 2. The van der Waals surface area contributed by atoms with Crippen molar-refractivity contribution in [2.24, 2.45) is 0 Å². The molecular weight excluding hydrogens is 354 g/mol. The van der Waals surface area contributed by atoms with Gasteiger partial charge in [-0.15, -0.1) is 0 Å². The van der Waals surface area contributed by atoms with Crippen molar-refractivity contribution in [3.05, 3.63) is 18.7 Å². The molecule has 92 valence electrons. The Morgan fingerprint density at radius 1 is 1.05 bits per heavy atom. The molecule has 1 aromatic rings. The van der Waals surface area contributed by atoms with Crippen molar-refractivity contribution in [2.75, 3.05) is 0 Å². The Morgan fingerprint density at radius 3 is 1.70 bits per heavy atom. The van der Waals surface area contributed by atoms with Crippen LogP contribution in [-0.2, 0) is 15.7 Å². The van der Waals surface area contributed by atoms with Crippen molar-refractivity contribution in [1.29, 1.82) is 0 Å². The van der Waals surface area contributed by atoms with E-state index in [2.05, 4.69) is 4.98 Å². The Hall–Kier alpha value is 3.47. The van der Waals surface area contributed by atoms with Crippen LogP contribution in [0.5, 0.6) is 0 Å². The van der Waals surface area contributed by atoms with Gasteiger partial charge in [0.2, 0.25) is 0 Å². The average Bonchev–Trinajstić information content (AvgIpc) is 2.52. The first-order valence-corrected chi connectivity index (χ1v) is 6.89. The van der Waals surface area contributed by atoms with Crippen LogP contribution in [0.25, 0.3) is 0 Å². The average molecular weight is 360 g/mol. The van der Waals surface area contributed by atoms with Crippen LogP contribution in [-0.4, -0.2) is 19.7 Å². The molecule has 0 unspecified atom stereocenters. The van der Waals surface area contributed by atoms with Gasteiger partial charge in [0, 0.05) is 12.4 Å². The topological polar surface area (TPSA) is 164 Å². The maximum Gasteiger partial charge on any atom is 1.00 e. The normalized spacial score (nSPS) is 11.2. The second kappa shape index (κ2) is 11.9. The first-order chi connectivity index (χ1) is 7.08. The fourth-order valence-electron chi connectivity index (χ4n) is 0.948. The van der Waals surface area contributed by atoms with E-state index >= 15 is 0 Å². The third-order valence-corrected chi connectivity index (χ3v) is 5.34. The smallest absolute Gasteiger partial charge is 0.808 e. The summed E-state index contributed by atoms with van der Waals surface area (Å²) in [6, 6.07) is 0. The zero-order valence-electron chi connectivity index (χ0n) is 11.6. The summed E-state index contributed by atoms with van der Waals surface area (Å²) in [5, 5.41) is 5.34. The van der Waals surface area contributed by atoms with E-state index in [-0.39, 0.29) is 118 Å². The molecule has 1 N–H and O–H groups in total. The second-order valence-corrected chi connectivity index (χ2v) is 6.83. The number of hydrogen-bond donors (Lipinski definition) is 1. The van der Waals surface area contributed by atoms with E-state index in [4.69, 9.17) is 0 Å². The van der Waals surface area contributed by atoms with Gasteiger partial charge in [0.05, 0.1) is 12.9 Å². The zero-order valence-corrected chi connectivity index (χ0v) is 21.4. The second-order valence-electron chi connectivity index (χ2n) is 3.00. The Labute approximate surface area is 203 Å².